The van der Waals surface area contributed by atoms with Crippen LogP contribution in [0.1, 0.15) is 13.3 Å². The third-order valence-corrected chi connectivity index (χ3v) is 1.08. The number of nitriles is 1. The summed E-state index contributed by atoms with van der Waals surface area (Å²) in [5, 5.41) is 10.6. The number of carbonyl (C=O) groups is 1. The highest BCUT2D eigenvalue weighted by molar-refractivity contribution is 5.91. The van der Waals surface area contributed by atoms with Crippen LogP contribution >= 0.6 is 0 Å². The Balaban J connectivity index is 3.27. The lowest BCUT2D eigenvalue weighted by atomic mass is 10.3. The van der Waals surface area contributed by atoms with Crippen LogP contribution < -0.4 is 5.32 Å². The second-order valence-corrected chi connectivity index (χ2v) is 2.25. The molecule has 4 heteroatoms. The van der Waals surface area contributed by atoms with Gasteiger partial charge in [0.05, 0.1) is 19.1 Å². The summed E-state index contributed by atoms with van der Waals surface area (Å²) in [5.41, 5.74) is 0.443. The van der Waals surface area contributed by atoms with E-state index in [-0.39, 0.29) is 12.6 Å². The van der Waals surface area contributed by atoms with Crippen molar-refractivity contribution in [1.82, 2.24) is 5.32 Å². The van der Waals surface area contributed by atoms with Crippen LogP contribution in [0.15, 0.2) is 12.2 Å². The van der Waals surface area contributed by atoms with Gasteiger partial charge in [0.15, 0.2) is 0 Å². The van der Waals surface area contributed by atoms with Gasteiger partial charge in [0.25, 0.3) is 0 Å². The zero-order chi connectivity index (χ0) is 9.40. The van der Waals surface area contributed by atoms with Crippen LogP contribution in [0.25, 0.3) is 0 Å². The van der Waals surface area contributed by atoms with Crippen molar-refractivity contribution in [3.8, 4) is 6.07 Å². The molecule has 0 radical (unpaired) electrons. The van der Waals surface area contributed by atoms with Crippen molar-refractivity contribution < 1.29 is 9.53 Å². The van der Waals surface area contributed by atoms with Gasteiger partial charge >= 0.3 is 0 Å². The van der Waals surface area contributed by atoms with Gasteiger partial charge in [0, 0.05) is 5.57 Å². The standard InChI is InChI=1S/C8H12N2O2/c1-7(2)8(11)10-6-12-5-3-4-9/h1,3,5-6H2,2H3,(H,10,11). The third kappa shape index (κ3) is 5.45. The van der Waals surface area contributed by atoms with Gasteiger partial charge in [-0.3, -0.25) is 4.79 Å². The van der Waals surface area contributed by atoms with Crippen LogP contribution in [0.4, 0.5) is 0 Å². The van der Waals surface area contributed by atoms with Crippen molar-refractivity contribution in [1.29, 1.82) is 5.26 Å². The molecule has 0 fully saturated rings. The van der Waals surface area contributed by atoms with E-state index in [9.17, 15) is 4.79 Å². The third-order valence-electron chi connectivity index (χ3n) is 1.08. The summed E-state index contributed by atoms with van der Waals surface area (Å²) in [6.07, 6.45) is 0.336. The number of nitrogens with zero attached hydrogens (tertiary/aromatic N) is 1. The molecule has 1 N–H and O–H groups in total. The first-order valence-electron chi connectivity index (χ1n) is 3.57. The van der Waals surface area contributed by atoms with Gasteiger partial charge < -0.3 is 10.1 Å². The molecule has 0 aromatic heterocycles. The monoisotopic (exact) mass is 168 g/mol. The first-order valence-corrected chi connectivity index (χ1v) is 3.57. The number of carbonyl (C=O) groups excluding carboxylic acids is 1. The summed E-state index contributed by atoms with van der Waals surface area (Å²) in [6.45, 7) is 5.54. The number of ether oxygens (including phenoxy) is 1. The Morgan fingerprint density at radius 1 is 1.75 bits per heavy atom. The quantitative estimate of drug-likeness (QED) is 0.371. The maximum atomic E-state index is 10.8. The van der Waals surface area contributed by atoms with E-state index in [0.29, 0.717) is 18.6 Å². The molecule has 0 unspecified atom stereocenters. The number of hydrogen-bond acceptors (Lipinski definition) is 3. The molecule has 0 aliphatic rings. The van der Waals surface area contributed by atoms with Crippen molar-refractivity contribution in [2.24, 2.45) is 0 Å². The van der Waals surface area contributed by atoms with Crippen molar-refractivity contribution in [3.05, 3.63) is 12.2 Å². The Morgan fingerprint density at radius 3 is 2.92 bits per heavy atom. The Kier molecular flexibility index (Phi) is 5.66. The molecule has 0 saturated heterocycles. The summed E-state index contributed by atoms with van der Waals surface area (Å²) in [7, 11) is 0. The Morgan fingerprint density at radius 2 is 2.42 bits per heavy atom. The molecule has 0 heterocycles. The summed E-state index contributed by atoms with van der Waals surface area (Å²) < 4.78 is 4.90. The van der Waals surface area contributed by atoms with Gasteiger partial charge in [-0.25, -0.2) is 0 Å². The van der Waals surface area contributed by atoms with E-state index in [1.807, 2.05) is 6.07 Å². The zero-order valence-corrected chi connectivity index (χ0v) is 7.09. The fourth-order valence-corrected chi connectivity index (χ4v) is 0.457. The van der Waals surface area contributed by atoms with Crippen molar-refractivity contribution in [3.63, 3.8) is 0 Å². The van der Waals surface area contributed by atoms with Gasteiger partial charge in [0.1, 0.15) is 6.73 Å². The fourth-order valence-electron chi connectivity index (χ4n) is 0.457. The van der Waals surface area contributed by atoms with Crippen LogP contribution in [-0.2, 0) is 9.53 Å². The molecular weight excluding hydrogens is 156 g/mol. The summed E-state index contributed by atoms with van der Waals surface area (Å²) in [6, 6.07) is 1.92. The van der Waals surface area contributed by atoms with Crippen molar-refractivity contribution in [2.75, 3.05) is 13.3 Å². The lowest BCUT2D eigenvalue weighted by Crippen LogP contribution is -2.26. The predicted octanol–water partition coefficient (Wildman–Crippen LogP) is 0.566. The van der Waals surface area contributed by atoms with E-state index in [1.165, 1.54) is 0 Å². The Hall–Kier alpha value is -1.34. The normalized spacial score (nSPS) is 8.67. The van der Waals surface area contributed by atoms with Crippen LogP contribution in [0.5, 0.6) is 0 Å². The molecule has 0 bridgehead atoms. The molecule has 0 saturated carbocycles. The van der Waals surface area contributed by atoms with E-state index >= 15 is 0 Å². The van der Waals surface area contributed by atoms with Crippen molar-refractivity contribution in [2.45, 2.75) is 13.3 Å². The minimum atomic E-state index is -0.230. The number of nitrogens with one attached hydrogen (secondary N) is 1. The highest BCUT2D eigenvalue weighted by Gasteiger charge is 1.98. The molecule has 12 heavy (non-hydrogen) atoms. The van der Waals surface area contributed by atoms with Crippen LogP contribution in [-0.4, -0.2) is 19.2 Å². The molecule has 0 aliphatic carbocycles. The number of amides is 1. The molecule has 0 aromatic rings. The van der Waals surface area contributed by atoms with Crippen LogP contribution in [0.3, 0.4) is 0 Å². The van der Waals surface area contributed by atoms with E-state index in [1.54, 1.807) is 6.92 Å². The maximum absolute atomic E-state index is 10.8. The SMILES string of the molecule is C=C(C)C(=O)NCOCCC#N. The fraction of sp³-hybridized carbons (Fsp3) is 0.500. The Labute approximate surface area is 71.8 Å². The lowest BCUT2D eigenvalue weighted by Gasteiger charge is -2.03. The van der Waals surface area contributed by atoms with Crippen molar-refractivity contribution >= 4 is 5.91 Å². The first kappa shape index (κ1) is 10.7. The van der Waals surface area contributed by atoms with Gasteiger partial charge in [-0.1, -0.05) is 6.58 Å². The molecule has 66 valence electrons. The van der Waals surface area contributed by atoms with Gasteiger partial charge in [-0.05, 0) is 6.92 Å². The summed E-state index contributed by atoms with van der Waals surface area (Å²) in [5.74, 6) is -0.230. The van der Waals surface area contributed by atoms with Gasteiger partial charge in [0.2, 0.25) is 5.91 Å². The highest BCUT2D eigenvalue weighted by Crippen LogP contribution is 1.85. The minimum absolute atomic E-state index is 0.132. The molecule has 0 atom stereocenters. The number of rotatable bonds is 5. The predicted molar refractivity (Wildman–Crippen MR) is 44.0 cm³/mol. The number of hydrogen-bond donors (Lipinski definition) is 1. The second-order valence-electron chi connectivity index (χ2n) is 2.25. The Bertz CT molecular complexity index is 206. The van der Waals surface area contributed by atoms with E-state index in [2.05, 4.69) is 11.9 Å². The molecule has 1 amide bonds. The van der Waals surface area contributed by atoms with Gasteiger partial charge in [-0.2, -0.15) is 5.26 Å². The second kappa shape index (κ2) is 6.38. The molecule has 0 aromatic carbocycles. The topological polar surface area (TPSA) is 62.1 Å². The summed E-state index contributed by atoms with van der Waals surface area (Å²) in [4.78, 5) is 10.8. The molecule has 0 aliphatic heterocycles. The molecule has 0 spiro atoms. The molecular formula is C8H12N2O2. The molecule has 0 rings (SSSR count). The highest BCUT2D eigenvalue weighted by atomic mass is 16.5. The first-order chi connectivity index (χ1) is 5.68. The summed E-state index contributed by atoms with van der Waals surface area (Å²) >= 11 is 0. The van der Waals surface area contributed by atoms with E-state index < -0.39 is 0 Å². The van der Waals surface area contributed by atoms with Crippen LogP contribution in [0, 0.1) is 11.3 Å². The minimum Gasteiger partial charge on any atom is -0.360 e. The van der Waals surface area contributed by atoms with Gasteiger partial charge in [-0.15, -0.1) is 0 Å². The zero-order valence-electron chi connectivity index (χ0n) is 7.09. The maximum Gasteiger partial charge on any atom is 0.248 e. The van der Waals surface area contributed by atoms with Crippen LogP contribution in [0.2, 0.25) is 0 Å². The molecule has 4 nitrogen and oxygen atoms in total. The lowest BCUT2D eigenvalue weighted by molar-refractivity contribution is -0.119. The van der Waals surface area contributed by atoms with E-state index in [0.717, 1.165) is 0 Å². The smallest absolute Gasteiger partial charge is 0.248 e. The largest absolute Gasteiger partial charge is 0.360 e. The average Bonchev–Trinajstić information content (AvgIpc) is 2.03. The average molecular weight is 168 g/mol. The van der Waals surface area contributed by atoms with E-state index in [4.69, 9.17) is 10.00 Å².